The normalized spacial score (nSPS) is 16.8. The predicted octanol–water partition coefficient (Wildman–Crippen LogP) is 2.99. The quantitative estimate of drug-likeness (QED) is 0.817. The van der Waals surface area contributed by atoms with Crippen LogP contribution in [-0.2, 0) is 4.84 Å². The van der Waals surface area contributed by atoms with Gasteiger partial charge in [-0.15, -0.1) is 11.3 Å². The van der Waals surface area contributed by atoms with E-state index in [1.807, 2.05) is 11.4 Å². The van der Waals surface area contributed by atoms with E-state index < -0.39 is 17.8 Å². The SMILES string of the molecule is O=C(ON1C(=O)c2ccccc2C1=O)c1sccc1C1CC1. The molecule has 1 aliphatic heterocycles. The monoisotopic (exact) mass is 313 g/mol. The molecule has 6 heteroatoms. The van der Waals surface area contributed by atoms with Crippen LogP contribution in [0.25, 0.3) is 0 Å². The molecule has 0 N–H and O–H groups in total. The Balaban J connectivity index is 1.59. The van der Waals surface area contributed by atoms with Crippen LogP contribution in [0.2, 0.25) is 0 Å². The lowest BCUT2D eigenvalue weighted by atomic mass is 10.1. The number of fused-ring (bicyclic) bond motifs is 1. The van der Waals surface area contributed by atoms with E-state index in [1.165, 1.54) is 11.3 Å². The Bertz CT molecular complexity index is 771. The predicted molar refractivity (Wildman–Crippen MR) is 78.7 cm³/mol. The fraction of sp³-hybridized carbons (Fsp3) is 0.188. The van der Waals surface area contributed by atoms with Gasteiger partial charge in [0.05, 0.1) is 11.1 Å². The number of hydrogen-bond donors (Lipinski definition) is 0. The second-order valence-electron chi connectivity index (χ2n) is 5.31. The first-order valence-corrected chi connectivity index (χ1v) is 7.82. The van der Waals surface area contributed by atoms with Gasteiger partial charge in [-0.2, -0.15) is 0 Å². The van der Waals surface area contributed by atoms with Gasteiger partial charge in [0.2, 0.25) is 0 Å². The number of carbonyl (C=O) groups is 3. The maximum atomic E-state index is 12.3. The maximum Gasteiger partial charge on any atom is 0.374 e. The average molecular weight is 313 g/mol. The summed E-state index contributed by atoms with van der Waals surface area (Å²) in [5.41, 5.74) is 1.47. The molecule has 2 amide bonds. The Morgan fingerprint density at radius 3 is 2.32 bits per heavy atom. The molecule has 0 spiro atoms. The Labute approximate surface area is 130 Å². The number of imide groups is 1. The van der Waals surface area contributed by atoms with Crippen molar-refractivity contribution in [3.63, 3.8) is 0 Å². The molecule has 0 atom stereocenters. The van der Waals surface area contributed by atoms with Gasteiger partial charge in [0, 0.05) is 0 Å². The molecule has 0 radical (unpaired) electrons. The highest BCUT2D eigenvalue weighted by Gasteiger charge is 2.39. The van der Waals surface area contributed by atoms with Gasteiger partial charge < -0.3 is 4.84 Å². The van der Waals surface area contributed by atoms with Crippen LogP contribution in [0.1, 0.15) is 54.7 Å². The summed E-state index contributed by atoms with van der Waals surface area (Å²) in [7, 11) is 0. The van der Waals surface area contributed by atoms with Crippen LogP contribution in [0, 0.1) is 0 Å². The molecular formula is C16H11NO4S. The molecule has 0 unspecified atom stereocenters. The summed E-state index contributed by atoms with van der Waals surface area (Å²) in [6, 6.07) is 8.33. The molecule has 1 aliphatic carbocycles. The summed E-state index contributed by atoms with van der Waals surface area (Å²) >= 11 is 1.27. The number of hydroxylamine groups is 2. The number of nitrogens with zero attached hydrogens (tertiary/aromatic N) is 1. The third-order valence-electron chi connectivity index (χ3n) is 3.83. The van der Waals surface area contributed by atoms with E-state index in [9.17, 15) is 14.4 Å². The summed E-state index contributed by atoms with van der Waals surface area (Å²) in [5.74, 6) is -1.45. The maximum absolute atomic E-state index is 12.3. The molecule has 0 bridgehead atoms. The number of thiophene rings is 1. The van der Waals surface area contributed by atoms with Gasteiger partial charge in [-0.1, -0.05) is 17.2 Å². The van der Waals surface area contributed by atoms with Crippen LogP contribution >= 0.6 is 11.3 Å². The Kier molecular flexibility index (Phi) is 2.87. The van der Waals surface area contributed by atoms with Crippen molar-refractivity contribution in [2.24, 2.45) is 0 Å². The minimum Gasteiger partial charge on any atom is -0.323 e. The standard InChI is InChI=1S/C16H11NO4S/c18-14-11-3-1-2-4-12(11)15(19)17(14)21-16(20)13-10(7-8-22-13)9-5-6-9/h1-4,7-9H,5-6H2. The number of amides is 2. The first-order valence-electron chi connectivity index (χ1n) is 6.94. The van der Waals surface area contributed by atoms with Crippen molar-refractivity contribution in [3.8, 4) is 0 Å². The number of rotatable bonds is 3. The van der Waals surface area contributed by atoms with Gasteiger partial charge in [0.1, 0.15) is 4.88 Å². The third-order valence-corrected chi connectivity index (χ3v) is 4.74. The van der Waals surface area contributed by atoms with Crippen LogP contribution in [-0.4, -0.2) is 22.8 Å². The fourth-order valence-electron chi connectivity index (χ4n) is 2.58. The molecule has 1 saturated carbocycles. The highest BCUT2D eigenvalue weighted by atomic mass is 32.1. The van der Waals surface area contributed by atoms with E-state index >= 15 is 0 Å². The van der Waals surface area contributed by atoms with Gasteiger partial charge in [-0.05, 0) is 47.9 Å². The van der Waals surface area contributed by atoms with Crippen LogP contribution in [0.5, 0.6) is 0 Å². The largest absolute Gasteiger partial charge is 0.374 e. The summed E-state index contributed by atoms with van der Waals surface area (Å²) in [6.07, 6.45) is 2.12. The third kappa shape index (κ3) is 1.95. The van der Waals surface area contributed by atoms with Gasteiger partial charge in [0.15, 0.2) is 0 Å². The second kappa shape index (κ2) is 4.78. The van der Waals surface area contributed by atoms with Crippen LogP contribution in [0.15, 0.2) is 35.7 Å². The van der Waals surface area contributed by atoms with Crippen molar-refractivity contribution in [1.29, 1.82) is 0 Å². The van der Waals surface area contributed by atoms with Crippen molar-refractivity contribution in [1.82, 2.24) is 5.06 Å². The molecule has 1 fully saturated rings. The van der Waals surface area contributed by atoms with Gasteiger partial charge in [-0.3, -0.25) is 9.59 Å². The molecule has 2 aromatic rings. The molecule has 0 saturated heterocycles. The molecule has 2 heterocycles. The van der Waals surface area contributed by atoms with Crippen molar-refractivity contribution < 1.29 is 19.2 Å². The molecule has 2 aliphatic rings. The lowest BCUT2D eigenvalue weighted by Gasteiger charge is -2.12. The smallest absolute Gasteiger partial charge is 0.323 e. The summed E-state index contributed by atoms with van der Waals surface area (Å²) in [5, 5.41) is 2.38. The fourth-order valence-corrected chi connectivity index (χ4v) is 3.43. The molecule has 5 nitrogen and oxygen atoms in total. The van der Waals surface area contributed by atoms with Crippen molar-refractivity contribution in [2.75, 3.05) is 0 Å². The Morgan fingerprint density at radius 1 is 1.09 bits per heavy atom. The number of benzene rings is 1. The summed E-state index contributed by atoms with van der Waals surface area (Å²) in [6.45, 7) is 0. The molecule has 110 valence electrons. The van der Waals surface area contributed by atoms with E-state index in [1.54, 1.807) is 24.3 Å². The first-order chi connectivity index (χ1) is 10.7. The van der Waals surface area contributed by atoms with Crippen LogP contribution in [0.3, 0.4) is 0 Å². The zero-order valence-electron chi connectivity index (χ0n) is 11.4. The van der Waals surface area contributed by atoms with Gasteiger partial charge in [0.25, 0.3) is 11.8 Å². The van der Waals surface area contributed by atoms with E-state index in [4.69, 9.17) is 4.84 Å². The van der Waals surface area contributed by atoms with Crippen LogP contribution in [0.4, 0.5) is 0 Å². The van der Waals surface area contributed by atoms with E-state index in [0.717, 1.165) is 18.4 Å². The Hall–Kier alpha value is -2.47. The summed E-state index contributed by atoms with van der Waals surface area (Å²) in [4.78, 5) is 42.2. The average Bonchev–Trinajstić information content (AvgIpc) is 3.22. The first kappa shape index (κ1) is 13.2. The Morgan fingerprint density at radius 2 is 1.73 bits per heavy atom. The zero-order chi connectivity index (χ0) is 15.3. The highest BCUT2D eigenvalue weighted by Crippen LogP contribution is 2.43. The summed E-state index contributed by atoms with van der Waals surface area (Å²) < 4.78 is 0. The molecular weight excluding hydrogens is 302 g/mol. The van der Waals surface area contributed by atoms with Gasteiger partial charge >= 0.3 is 5.97 Å². The van der Waals surface area contributed by atoms with E-state index in [0.29, 0.717) is 15.9 Å². The van der Waals surface area contributed by atoms with Crippen LogP contribution < -0.4 is 0 Å². The van der Waals surface area contributed by atoms with Gasteiger partial charge in [-0.25, -0.2) is 4.79 Å². The van der Waals surface area contributed by atoms with E-state index in [2.05, 4.69) is 0 Å². The number of carbonyl (C=O) groups excluding carboxylic acids is 3. The minimum atomic E-state index is -0.647. The molecule has 4 rings (SSSR count). The minimum absolute atomic E-state index is 0.258. The topological polar surface area (TPSA) is 63.7 Å². The highest BCUT2D eigenvalue weighted by molar-refractivity contribution is 7.12. The van der Waals surface area contributed by atoms with Crippen molar-refractivity contribution in [2.45, 2.75) is 18.8 Å². The molecule has 1 aromatic heterocycles. The molecule has 1 aromatic carbocycles. The lowest BCUT2D eigenvalue weighted by Crippen LogP contribution is -2.32. The van der Waals surface area contributed by atoms with Crippen molar-refractivity contribution in [3.05, 3.63) is 57.3 Å². The van der Waals surface area contributed by atoms with Crippen molar-refractivity contribution >= 4 is 29.1 Å². The molecule has 22 heavy (non-hydrogen) atoms. The lowest BCUT2D eigenvalue weighted by molar-refractivity contribution is -0.0581. The number of hydrogen-bond acceptors (Lipinski definition) is 5. The van der Waals surface area contributed by atoms with E-state index in [-0.39, 0.29) is 11.1 Å². The zero-order valence-corrected chi connectivity index (χ0v) is 12.3. The second-order valence-corrected chi connectivity index (χ2v) is 6.22.